The summed E-state index contributed by atoms with van der Waals surface area (Å²) in [5, 5.41) is 0. The van der Waals surface area contributed by atoms with E-state index in [1.807, 2.05) is 0 Å². The Balaban J connectivity index is 2.01. The number of hydrogen-bond donors (Lipinski definition) is 1. The third kappa shape index (κ3) is 3.21. The lowest BCUT2D eigenvalue weighted by Crippen LogP contribution is -2.09. The zero-order valence-electron chi connectivity index (χ0n) is 13.0. The Kier molecular flexibility index (Phi) is 5.17. The third-order valence-electron chi connectivity index (χ3n) is 4.41. The van der Waals surface area contributed by atoms with E-state index in [1.54, 1.807) is 11.9 Å². The molecule has 0 aromatic heterocycles. The minimum Gasteiger partial charge on any atom is -0.330 e. The van der Waals surface area contributed by atoms with Gasteiger partial charge in [-0.3, -0.25) is 4.31 Å². The minimum absolute atomic E-state index is 0.599. The molecule has 0 aliphatic carbocycles. The topological polar surface area (TPSA) is 29.0 Å². The summed E-state index contributed by atoms with van der Waals surface area (Å²) in [6.07, 6.45) is 4.45. The lowest BCUT2D eigenvalue weighted by Gasteiger charge is -2.20. The fourth-order valence-corrected chi connectivity index (χ4v) is 3.49. The maximum atomic E-state index is 5.60. The van der Waals surface area contributed by atoms with Gasteiger partial charge in [0.1, 0.15) is 0 Å². The number of benzene rings is 1. The quantitative estimate of drug-likeness (QED) is 0.752. The molecule has 1 aliphatic heterocycles. The number of hydrogen-bond acceptors (Lipinski definition) is 3. The van der Waals surface area contributed by atoms with E-state index in [1.165, 1.54) is 28.9 Å². The molecule has 0 radical (unpaired) electrons. The molecule has 1 aromatic carbocycles. The molecule has 20 heavy (non-hydrogen) atoms. The smallest absolute Gasteiger partial charge is 0.0796 e. The first kappa shape index (κ1) is 15.5. The Labute approximate surface area is 127 Å². The van der Waals surface area contributed by atoms with Crippen molar-refractivity contribution < 1.29 is 0 Å². The summed E-state index contributed by atoms with van der Waals surface area (Å²) in [5.74, 6) is 1.29. The zero-order chi connectivity index (χ0) is 14.7. The first-order valence-corrected chi connectivity index (χ1v) is 8.63. The van der Waals surface area contributed by atoms with Gasteiger partial charge in [-0.05, 0) is 55.7 Å². The SMILES string of the molecule is CSN1C(C)=C1c1ccc(C(C)C(C)CCCN)cc1. The molecule has 0 saturated carbocycles. The molecule has 0 bridgehead atoms. The molecular formula is C17H26N2S. The number of rotatable bonds is 7. The van der Waals surface area contributed by atoms with Crippen LogP contribution in [0.2, 0.25) is 0 Å². The van der Waals surface area contributed by atoms with Gasteiger partial charge in [-0.2, -0.15) is 0 Å². The van der Waals surface area contributed by atoms with Crippen molar-refractivity contribution >= 4 is 17.6 Å². The van der Waals surface area contributed by atoms with Gasteiger partial charge in [-0.25, -0.2) is 0 Å². The third-order valence-corrected chi connectivity index (χ3v) is 5.23. The van der Waals surface area contributed by atoms with Crippen LogP contribution < -0.4 is 5.73 Å². The Morgan fingerprint density at radius 3 is 2.35 bits per heavy atom. The highest BCUT2D eigenvalue weighted by Gasteiger charge is 2.30. The Hall–Kier alpha value is -0.930. The molecule has 0 saturated heterocycles. The van der Waals surface area contributed by atoms with Gasteiger partial charge in [-0.15, -0.1) is 0 Å². The first-order chi connectivity index (χ1) is 9.60. The van der Waals surface area contributed by atoms with Crippen molar-refractivity contribution in [2.24, 2.45) is 11.7 Å². The van der Waals surface area contributed by atoms with Crippen LogP contribution in [0, 0.1) is 5.92 Å². The molecule has 110 valence electrons. The number of nitrogens with two attached hydrogens (primary N) is 1. The van der Waals surface area contributed by atoms with Crippen molar-refractivity contribution in [3.05, 3.63) is 41.1 Å². The molecule has 0 fully saturated rings. The highest BCUT2D eigenvalue weighted by atomic mass is 32.2. The van der Waals surface area contributed by atoms with E-state index in [2.05, 4.69) is 55.6 Å². The van der Waals surface area contributed by atoms with Crippen LogP contribution in [0.25, 0.3) is 5.70 Å². The summed E-state index contributed by atoms with van der Waals surface area (Å²) in [5.41, 5.74) is 11.1. The van der Waals surface area contributed by atoms with E-state index >= 15 is 0 Å². The van der Waals surface area contributed by atoms with Crippen LogP contribution in [0.3, 0.4) is 0 Å². The summed E-state index contributed by atoms with van der Waals surface area (Å²) in [6.45, 7) is 7.63. The van der Waals surface area contributed by atoms with Gasteiger partial charge >= 0.3 is 0 Å². The molecule has 3 heteroatoms. The zero-order valence-corrected chi connectivity index (χ0v) is 13.8. The van der Waals surface area contributed by atoms with E-state index in [9.17, 15) is 0 Å². The predicted octanol–water partition coefficient (Wildman–Crippen LogP) is 4.45. The largest absolute Gasteiger partial charge is 0.330 e. The lowest BCUT2D eigenvalue weighted by atomic mass is 9.85. The minimum atomic E-state index is 0.599. The van der Waals surface area contributed by atoms with Crippen LogP contribution in [0.15, 0.2) is 30.0 Å². The van der Waals surface area contributed by atoms with Crippen molar-refractivity contribution in [3.8, 4) is 0 Å². The Morgan fingerprint density at radius 2 is 1.85 bits per heavy atom. The van der Waals surface area contributed by atoms with Crippen LogP contribution in [0.4, 0.5) is 0 Å². The van der Waals surface area contributed by atoms with Crippen LogP contribution in [-0.4, -0.2) is 17.1 Å². The van der Waals surface area contributed by atoms with Crippen LogP contribution >= 0.6 is 11.9 Å². The summed E-state index contributed by atoms with van der Waals surface area (Å²) in [6, 6.07) is 9.10. The molecule has 0 spiro atoms. The normalized spacial score (nSPS) is 17.4. The van der Waals surface area contributed by atoms with Crippen molar-refractivity contribution in [2.75, 3.05) is 12.8 Å². The van der Waals surface area contributed by atoms with Gasteiger partial charge < -0.3 is 5.73 Å². The van der Waals surface area contributed by atoms with Gasteiger partial charge in [0, 0.05) is 11.8 Å². The number of nitrogens with zero attached hydrogens (tertiary/aromatic N) is 1. The van der Waals surface area contributed by atoms with Crippen LogP contribution in [0.1, 0.15) is 50.7 Å². The predicted molar refractivity (Wildman–Crippen MR) is 90.3 cm³/mol. The molecule has 1 heterocycles. The van der Waals surface area contributed by atoms with E-state index in [4.69, 9.17) is 5.73 Å². The van der Waals surface area contributed by atoms with E-state index in [-0.39, 0.29) is 0 Å². The summed E-state index contributed by atoms with van der Waals surface area (Å²) in [4.78, 5) is 0. The molecule has 2 unspecified atom stereocenters. The van der Waals surface area contributed by atoms with Crippen molar-refractivity contribution in [3.63, 3.8) is 0 Å². The number of allylic oxidation sites excluding steroid dienone is 1. The molecular weight excluding hydrogens is 264 g/mol. The van der Waals surface area contributed by atoms with Gasteiger partial charge in [0.15, 0.2) is 0 Å². The fourth-order valence-electron chi connectivity index (χ4n) is 2.75. The highest BCUT2D eigenvalue weighted by molar-refractivity contribution is 7.97. The van der Waals surface area contributed by atoms with Crippen LogP contribution in [0.5, 0.6) is 0 Å². The van der Waals surface area contributed by atoms with E-state index in [0.717, 1.165) is 13.0 Å². The Morgan fingerprint density at radius 1 is 1.20 bits per heavy atom. The van der Waals surface area contributed by atoms with Crippen molar-refractivity contribution in [1.82, 2.24) is 4.31 Å². The van der Waals surface area contributed by atoms with Crippen LogP contribution in [-0.2, 0) is 0 Å². The van der Waals surface area contributed by atoms with Crippen molar-refractivity contribution in [1.29, 1.82) is 0 Å². The standard InChI is InChI=1S/C17H26N2S/c1-12(6-5-11-18)13(2)15-7-9-16(10-8-15)17-14(3)19(17)20-4/h7-10,12-13H,5-6,11,18H2,1-4H3. The maximum absolute atomic E-state index is 5.60. The van der Waals surface area contributed by atoms with Gasteiger partial charge in [0.2, 0.25) is 0 Å². The van der Waals surface area contributed by atoms with Crippen molar-refractivity contribution in [2.45, 2.75) is 39.5 Å². The summed E-state index contributed by atoms with van der Waals surface area (Å²) >= 11 is 1.77. The molecule has 1 aliphatic rings. The van der Waals surface area contributed by atoms with Gasteiger partial charge in [-0.1, -0.05) is 38.1 Å². The summed E-state index contributed by atoms with van der Waals surface area (Å²) < 4.78 is 2.28. The molecule has 2 nitrogen and oxygen atoms in total. The molecule has 0 amide bonds. The molecule has 2 atom stereocenters. The Bertz CT molecular complexity index is 478. The second kappa shape index (κ2) is 6.68. The second-order valence-electron chi connectivity index (χ2n) is 5.73. The monoisotopic (exact) mass is 290 g/mol. The molecule has 1 aromatic rings. The average Bonchev–Trinajstić information content (AvgIpc) is 3.14. The molecule has 2 N–H and O–H groups in total. The highest BCUT2D eigenvalue weighted by Crippen LogP contribution is 2.45. The van der Waals surface area contributed by atoms with Gasteiger partial charge in [0.05, 0.1) is 11.4 Å². The van der Waals surface area contributed by atoms with E-state index in [0.29, 0.717) is 11.8 Å². The lowest BCUT2D eigenvalue weighted by molar-refractivity contribution is 0.442. The van der Waals surface area contributed by atoms with E-state index < -0.39 is 0 Å². The average molecular weight is 290 g/mol. The second-order valence-corrected chi connectivity index (χ2v) is 6.46. The summed E-state index contributed by atoms with van der Waals surface area (Å²) in [7, 11) is 0. The molecule has 2 rings (SSSR count). The maximum Gasteiger partial charge on any atom is 0.0796 e. The fraction of sp³-hybridized carbons (Fsp3) is 0.529. The first-order valence-electron chi connectivity index (χ1n) is 7.45. The van der Waals surface area contributed by atoms with Gasteiger partial charge in [0.25, 0.3) is 0 Å².